The van der Waals surface area contributed by atoms with Gasteiger partial charge in [0.2, 0.25) is 5.95 Å². The molecule has 4 aromatic rings. The Morgan fingerprint density at radius 3 is 2.71 bits per heavy atom. The molecule has 1 aromatic carbocycles. The van der Waals surface area contributed by atoms with Crippen molar-refractivity contribution in [3.8, 4) is 0 Å². The first-order valence-electron chi connectivity index (χ1n) is 12.2. The highest BCUT2D eigenvalue weighted by molar-refractivity contribution is 6.31. The summed E-state index contributed by atoms with van der Waals surface area (Å²) in [5.41, 5.74) is 3.95. The van der Waals surface area contributed by atoms with Gasteiger partial charge in [-0.1, -0.05) is 17.7 Å². The van der Waals surface area contributed by atoms with Crippen molar-refractivity contribution in [2.45, 2.75) is 32.7 Å². The van der Waals surface area contributed by atoms with Gasteiger partial charge >= 0.3 is 0 Å². The van der Waals surface area contributed by atoms with Crippen molar-refractivity contribution < 1.29 is 0 Å². The summed E-state index contributed by atoms with van der Waals surface area (Å²) in [5.74, 6) is 1.79. The lowest BCUT2D eigenvalue weighted by Gasteiger charge is -2.25. The molecule has 1 N–H and O–H groups in total. The average Bonchev–Trinajstić information content (AvgIpc) is 3.41. The lowest BCUT2D eigenvalue weighted by atomic mass is 10.2. The number of fused-ring (bicyclic) bond motifs is 1. The summed E-state index contributed by atoms with van der Waals surface area (Å²) in [6, 6.07) is 15.9. The molecular formula is C27H30ClN7. The van der Waals surface area contributed by atoms with Gasteiger partial charge in [-0.2, -0.15) is 4.98 Å². The minimum Gasteiger partial charge on any atom is -0.384 e. The van der Waals surface area contributed by atoms with Crippen LogP contribution in [0.4, 0.5) is 17.5 Å². The molecule has 1 saturated heterocycles. The van der Waals surface area contributed by atoms with Crippen LogP contribution < -0.4 is 15.1 Å². The fraction of sp³-hybridized carbons (Fsp3) is 0.333. The zero-order valence-electron chi connectivity index (χ0n) is 20.0. The molecule has 4 heterocycles. The number of nitrogens with zero attached hydrogens (tertiary/aromatic N) is 6. The topological polar surface area (TPSA) is 70.1 Å². The Hall–Kier alpha value is -3.45. The highest BCUT2D eigenvalue weighted by Crippen LogP contribution is 2.25. The van der Waals surface area contributed by atoms with Crippen LogP contribution in [0.15, 0.2) is 60.9 Å². The van der Waals surface area contributed by atoms with Gasteiger partial charge in [-0.15, -0.1) is 0 Å². The van der Waals surface area contributed by atoms with Crippen LogP contribution in [0.1, 0.15) is 30.7 Å². The molecule has 0 bridgehead atoms. The predicted octanol–water partition coefficient (Wildman–Crippen LogP) is 5.49. The van der Waals surface area contributed by atoms with Crippen LogP contribution in [-0.4, -0.2) is 46.1 Å². The summed E-state index contributed by atoms with van der Waals surface area (Å²) in [6.45, 7) is 6.45. The molecule has 0 unspecified atom stereocenters. The summed E-state index contributed by atoms with van der Waals surface area (Å²) >= 11 is 6.14. The minimum absolute atomic E-state index is 0.667. The number of nitrogens with one attached hydrogen (secondary N) is 1. The minimum atomic E-state index is 0.667. The molecule has 8 heteroatoms. The third-order valence-corrected chi connectivity index (χ3v) is 6.48. The molecule has 1 aliphatic heterocycles. The fourth-order valence-electron chi connectivity index (χ4n) is 4.49. The van der Waals surface area contributed by atoms with Crippen LogP contribution in [0.25, 0.3) is 10.9 Å². The van der Waals surface area contributed by atoms with Crippen molar-refractivity contribution in [1.82, 2.24) is 19.9 Å². The Kier molecular flexibility index (Phi) is 7.23. The molecule has 0 spiro atoms. The molecular weight excluding hydrogens is 458 g/mol. The number of halogens is 1. The van der Waals surface area contributed by atoms with Crippen molar-refractivity contribution >= 4 is 40.0 Å². The van der Waals surface area contributed by atoms with E-state index in [9.17, 15) is 0 Å². The smallest absolute Gasteiger partial charge is 0.227 e. The van der Waals surface area contributed by atoms with Gasteiger partial charge in [0.25, 0.3) is 0 Å². The Bertz CT molecular complexity index is 1280. The van der Waals surface area contributed by atoms with E-state index in [0.29, 0.717) is 11.6 Å². The van der Waals surface area contributed by atoms with E-state index in [4.69, 9.17) is 21.6 Å². The summed E-state index contributed by atoms with van der Waals surface area (Å²) < 4.78 is 0. The predicted molar refractivity (Wildman–Crippen MR) is 143 cm³/mol. The quantitative estimate of drug-likeness (QED) is 0.313. The van der Waals surface area contributed by atoms with E-state index in [1.54, 1.807) is 0 Å². The molecule has 3 aromatic heterocycles. The third-order valence-electron chi connectivity index (χ3n) is 6.25. The van der Waals surface area contributed by atoms with Gasteiger partial charge in [0.15, 0.2) is 0 Å². The number of pyridine rings is 2. The van der Waals surface area contributed by atoms with Crippen LogP contribution in [-0.2, 0) is 6.54 Å². The molecule has 7 nitrogen and oxygen atoms in total. The number of anilines is 3. The zero-order valence-corrected chi connectivity index (χ0v) is 20.7. The Balaban J connectivity index is 1.31. The van der Waals surface area contributed by atoms with Crippen LogP contribution in [0.2, 0.25) is 5.02 Å². The lowest BCUT2D eigenvalue weighted by Crippen LogP contribution is -2.29. The van der Waals surface area contributed by atoms with Gasteiger partial charge in [0.05, 0.1) is 17.8 Å². The van der Waals surface area contributed by atoms with Crippen molar-refractivity contribution in [3.63, 3.8) is 0 Å². The maximum absolute atomic E-state index is 6.14. The number of aromatic nitrogens is 4. The number of aryl methyl sites for hydroxylation is 1. The van der Waals surface area contributed by atoms with Gasteiger partial charge in [-0.05, 0) is 62.6 Å². The molecule has 0 saturated carbocycles. The maximum Gasteiger partial charge on any atom is 0.227 e. The molecule has 0 atom stereocenters. The van der Waals surface area contributed by atoms with E-state index in [1.807, 2.05) is 55.7 Å². The van der Waals surface area contributed by atoms with Crippen LogP contribution >= 0.6 is 11.6 Å². The second-order valence-corrected chi connectivity index (χ2v) is 9.34. The normalized spacial score (nSPS) is 13.4. The van der Waals surface area contributed by atoms with Crippen molar-refractivity contribution in [2.75, 3.05) is 41.3 Å². The average molecular weight is 488 g/mol. The standard InChI is InChI=1S/C27H30ClN7/c1-20-17-26(34-14-4-5-15-34)33-27(32-20)35(19-22-7-2-3-11-29-22)16-6-12-30-24-10-13-31-25-18-21(28)8-9-23(24)25/h2-3,7-11,13,17-18H,4-6,12,14-16,19H2,1H3,(H,30,31). The zero-order chi connectivity index (χ0) is 24.0. The van der Waals surface area contributed by atoms with Crippen molar-refractivity contribution in [2.24, 2.45) is 0 Å². The second-order valence-electron chi connectivity index (χ2n) is 8.90. The van der Waals surface area contributed by atoms with E-state index >= 15 is 0 Å². The largest absolute Gasteiger partial charge is 0.384 e. The first kappa shape index (κ1) is 23.3. The molecule has 0 amide bonds. The summed E-state index contributed by atoms with van der Waals surface area (Å²) in [7, 11) is 0. The summed E-state index contributed by atoms with van der Waals surface area (Å²) in [5, 5.41) is 5.33. The highest BCUT2D eigenvalue weighted by atomic mass is 35.5. The Morgan fingerprint density at radius 2 is 1.89 bits per heavy atom. The van der Waals surface area contributed by atoms with Gasteiger partial charge in [0.1, 0.15) is 5.82 Å². The molecule has 180 valence electrons. The number of hydrogen-bond acceptors (Lipinski definition) is 7. The van der Waals surface area contributed by atoms with E-state index in [-0.39, 0.29) is 0 Å². The molecule has 1 aliphatic rings. The molecule has 35 heavy (non-hydrogen) atoms. The van der Waals surface area contributed by atoms with Gasteiger partial charge < -0.3 is 15.1 Å². The van der Waals surface area contributed by atoms with Gasteiger partial charge in [-0.25, -0.2) is 4.98 Å². The molecule has 1 fully saturated rings. The molecule has 5 rings (SSSR count). The van der Waals surface area contributed by atoms with Gasteiger partial charge in [-0.3, -0.25) is 9.97 Å². The van der Waals surface area contributed by atoms with E-state index in [1.165, 1.54) is 12.8 Å². The van der Waals surface area contributed by atoms with Crippen LogP contribution in [0.3, 0.4) is 0 Å². The van der Waals surface area contributed by atoms with Crippen LogP contribution in [0, 0.1) is 6.92 Å². The lowest BCUT2D eigenvalue weighted by molar-refractivity contribution is 0.710. The monoisotopic (exact) mass is 487 g/mol. The first-order valence-corrected chi connectivity index (χ1v) is 12.6. The van der Waals surface area contributed by atoms with E-state index < -0.39 is 0 Å². The van der Waals surface area contributed by atoms with E-state index in [0.717, 1.165) is 72.3 Å². The van der Waals surface area contributed by atoms with Crippen molar-refractivity contribution in [1.29, 1.82) is 0 Å². The number of rotatable bonds is 9. The second kappa shape index (κ2) is 10.9. The summed E-state index contributed by atoms with van der Waals surface area (Å²) in [6.07, 6.45) is 7.01. The first-order chi connectivity index (χ1) is 17.2. The fourth-order valence-corrected chi connectivity index (χ4v) is 4.66. The SMILES string of the molecule is Cc1cc(N2CCCC2)nc(N(CCCNc2ccnc3cc(Cl)ccc23)Cc2ccccn2)n1. The highest BCUT2D eigenvalue weighted by Gasteiger charge is 2.18. The maximum atomic E-state index is 6.14. The van der Waals surface area contributed by atoms with Gasteiger partial charge in [0, 0.05) is 66.4 Å². The number of hydrogen-bond donors (Lipinski definition) is 1. The Morgan fingerprint density at radius 1 is 1.00 bits per heavy atom. The van der Waals surface area contributed by atoms with E-state index in [2.05, 4.69) is 37.2 Å². The Labute approximate surface area is 211 Å². The number of benzene rings is 1. The van der Waals surface area contributed by atoms with Crippen LogP contribution in [0.5, 0.6) is 0 Å². The molecule has 0 radical (unpaired) electrons. The molecule has 0 aliphatic carbocycles. The third kappa shape index (κ3) is 5.80. The van der Waals surface area contributed by atoms with Crippen molar-refractivity contribution in [3.05, 3.63) is 77.3 Å². The summed E-state index contributed by atoms with van der Waals surface area (Å²) in [4.78, 5) is 23.4.